The fraction of sp³-hybridized carbons (Fsp3) is 0.600. The Bertz CT molecular complexity index is 369. The second-order valence-electron chi connectivity index (χ2n) is 4.47. The quantitative estimate of drug-likeness (QED) is 0.717. The van der Waals surface area contributed by atoms with Crippen molar-refractivity contribution in [2.24, 2.45) is 5.73 Å². The van der Waals surface area contributed by atoms with Crippen LogP contribution in [0, 0.1) is 0 Å². The third kappa shape index (κ3) is 5.09. The highest BCUT2D eigenvalue weighted by atomic mass is 16.5. The van der Waals surface area contributed by atoms with Crippen molar-refractivity contribution in [3.63, 3.8) is 0 Å². The first-order valence-corrected chi connectivity index (χ1v) is 6.98. The van der Waals surface area contributed by atoms with E-state index >= 15 is 0 Å². The van der Waals surface area contributed by atoms with Gasteiger partial charge in [0.15, 0.2) is 11.5 Å². The van der Waals surface area contributed by atoms with Gasteiger partial charge in [-0.15, -0.1) is 0 Å². The van der Waals surface area contributed by atoms with E-state index < -0.39 is 0 Å². The average Bonchev–Trinajstić information content (AvgIpc) is 2.45. The monoisotopic (exact) mass is 266 g/mol. The molecule has 1 unspecified atom stereocenters. The maximum absolute atomic E-state index is 5.52. The van der Waals surface area contributed by atoms with E-state index in [9.17, 15) is 0 Å². The lowest BCUT2D eigenvalue weighted by atomic mass is 10.0. The summed E-state index contributed by atoms with van der Waals surface area (Å²) in [6.07, 6.45) is 2.05. The Labute approximate surface area is 116 Å². The molecule has 1 aromatic rings. The number of nitrogens with one attached hydrogen (secondary N) is 1. The van der Waals surface area contributed by atoms with Crippen molar-refractivity contribution in [3.8, 4) is 11.5 Å². The van der Waals surface area contributed by atoms with Crippen LogP contribution in [-0.2, 0) is 6.42 Å². The molecule has 1 aromatic carbocycles. The molecule has 0 amide bonds. The zero-order chi connectivity index (χ0) is 14.1. The minimum Gasteiger partial charge on any atom is -0.493 e. The zero-order valence-corrected chi connectivity index (χ0v) is 12.2. The van der Waals surface area contributed by atoms with Gasteiger partial charge in [0.25, 0.3) is 0 Å². The SMILES string of the molecule is CCOc1ccc(CC(CC)NCCN)cc1OC. The van der Waals surface area contributed by atoms with Crippen molar-refractivity contribution in [2.45, 2.75) is 32.7 Å². The Balaban J connectivity index is 2.72. The van der Waals surface area contributed by atoms with Crippen LogP contribution in [-0.4, -0.2) is 32.8 Å². The molecule has 0 aromatic heterocycles. The summed E-state index contributed by atoms with van der Waals surface area (Å²) in [5.74, 6) is 1.60. The molecule has 0 aliphatic carbocycles. The number of hydrogen-bond acceptors (Lipinski definition) is 4. The van der Waals surface area contributed by atoms with E-state index in [0.717, 1.165) is 30.9 Å². The minimum absolute atomic E-state index is 0.450. The van der Waals surface area contributed by atoms with Crippen molar-refractivity contribution in [1.82, 2.24) is 5.32 Å². The number of benzene rings is 1. The van der Waals surface area contributed by atoms with Gasteiger partial charge in [-0.05, 0) is 37.5 Å². The fourth-order valence-electron chi connectivity index (χ4n) is 2.05. The van der Waals surface area contributed by atoms with Crippen LogP contribution >= 0.6 is 0 Å². The third-order valence-electron chi connectivity index (χ3n) is 3.08. The highest BCUT2D eigenvalue weighted by Gasteiger charge is 2.10. The predicted octanol–water partition coefficient (Wildman–Crippen LogP) is 1.96. The van der Waals surface area contributed by atoms with Crippen molar-refractivity contribution in [1.29, 1.82) is 0 Å². The molecule has 0 radical (unpaired) electrons. The van der Waals surface area contributed by atoms with Crippen LogP contribution in [0.3, 0.4) is 0 Å². The van der Waals surface area contributed by atoms with Crippen LogP contribution in [0.1, 0.15) is 25.8 Å². The molecule has 4 nitrogen and oxygen atoms in total. The van der Waals surface area contributed by atoms with Crippen molar-refractivity contribution in [3.05, 3.63) is 23.8 Å². The van der Waals surface area contributed by atoms with Gasteiger partial charge >= 0.3 is 0 Å². The Hall–Kier alpha value is -1.26. The van der Waals surface area contributed by atoms with E-state index in [1.165, 1.54) is 5.56 Å². The number of methoxy groups -OCH3 is 1. The first kappa shape index (κ1) is 15.8. The van der Waals surface area contributed by atoms with Gasteiger partial charge < -0.3 is 20.5 Å². The summed E-state index contributed by atoms with van der Waals surface area (Å²) in [7, 11) is 1.67. The summed E-state index contributed by atoms with van der Waals surface area (Å²) in [4.78, 5) is 0. The first-order valence-electron chi connectivity index (χ1n) is 6.98. The van der Waals surface area contributed by atoms with Gasteiger partial charge in [-0.25, -0.2) is 0 Å². The van der Waals surface area contributed by atoms with Crippen molar-refractivity contribution < 1.29 is 9.47 Å². The zero-order valence-electron chi connectivity index (χ0n) is 12.2. The standard InChI is InChI=1S/C15H26N2O2/c1-4-13(17-9-8-16)10-12-6-7-14(19-5-2)15(11-12)18-3/h6-7,11,13,17H,4-5,8-10,16H2,1-3H3. The lowest BCUT2D eigenvalue weighted by Gasteiger charge is -2.17. The summed E-state index contributed by atoms with van der Waals surface area (Å²) in [6.45, 7) is 6.32. The molecular formula is C15H26N2O2. The summed E-state index contributed by atoms with van der Waals surface area (Å²) in [5, 5.41) is 3.45. The van der Waals surface area contributed by atoms with E-state index in [1.54, 1.807) is 7.11 Å². The molecular weight excluding hydrogens is 240 g/mol. The highest BCUT2D eigenvalue weighted by molar-refractivity contribution is 5.43. The molecule has 0 heterocycles. The van der Waals surface area contributed by atoms with Gasteiger partial charge in [-0.1, -0.05) is 13.0 Å². The summed E-state index contributed by atoms with van der Waals surface area (Å²) >= 11 is 0. The number of ether oxygens (including phenoxy) is 2. The van der Waals surface area contributed by atoms with E-state index in [-0.39, 0.29) is 0 Å². The second-order valence-corrected chi connectivity index (χ2v) is 4.47. The summed E-state index contributed by atoms with van der Waals surface area (Å²) < 4.78 is 10.9. The highest BCUT2D eigenvalue weighted by Crippen LogP contribution is 2.28. The van der Waals surface area contributed by atoms with Crippen LogP contribution in [0.4, 0.5) is 0 Å². The minimum atomic E-state index is 0.450. The molecule has 0 aliphatic heterocycles. The van der Waals surface area contributed by atoms with Gasteiger partial charge in [0.1, 0.15) is 0 Å². The summed E-state index contributed by atoms with van der Waals surface area (Å²) in [6, 6.07) is 6.58. The molecule has 0 saturated heterocycles. The van der Waals surface area contributed by atoms with Crippen LogP contribution in [0.2, 0.25) is 0 Å². The van der Waals surface area contributed by atoms with E-state index in [1.807, 2.05) is 13.0 Å². The van der Waals surface area contributed by atoms with E-state index in [4.69, 9.17) is 15.2 Å². The van der Waals surface area contributed by atoms with E-state index in [0.29, 0.717) is 19.2 Å². The Morgan fingerprint density at radius 3 is 2.63 bits per heavy atom. The predicted molar refractivity (Wildman–Crippen MR) is 79.0 cm³/mol. The van der Waals surface area contributed by atoms with Gasteiger partial charge in [-0.2, -0.15) is 0 Å². The lowest BCUT2D eigenvalue weighted by Crippen LogP contribution is -2.34. The fourth-order valence-corrected chi connectivity index (χ4v) is 2.05. The molecule has 0 spiro atoms. The normalized spacial score (nSPS) is 12.2. The van der Waals surface area contributed by atoms with Crippen LogP contribution in [0.25, 0.3) is 0 Å². The smallest absolute Gasteiger partial charge is 0.161 e. The topological polar surface area (TPSA) is 56.5 Å². The molecule has 4 heteroatoms. The number of hydrogen-bond donors (Lipinski definition) is 2. The molecule has 0 saturated carbocycles. The Morgan fingerprint density at radius 1 is 1.26 bits per heavy atom. The average molecular weight is 266 g/mol. The lowest BCUT2D eigenvalue weighted by molar-refractivity contribution is 0.310. The Kier molecular flexibility index (Phi) is 7.30. The molecule has 19 heavy (non-hydrogen) atoms. The van der Waals surface area contributed by atoms with E-state index in [2.05, 4.69) is 24.4 Å². The maximum Gasteiger partial charge on any atom is 0.161 e. The van der Waals surface area contributed by atoms with Gasteiger partial charge in [-0.3, -0.25) is 0 Å². The van der Waals surface area contributed by atoms with Gasteiger partial charge in [0.2, 0.25) is 0 Å². The van der Waals surface area contributed by atoms with Crippen LogP contribution in [0.5, 0.6) is 11.5 Å². The van der Waals surface area contributed by atoms with Crippen LogP contribution in [0.15, 0.2) is 18.2 Å². The molecule has 0 aliphatic rings. The van der Waals surface area contributed by atoms with Crippen molar-refractivity contribution >= 4 is 0 Å². The molecule has 0 fully saturated rings. The van der Waals surface area contributed by atoms with Gasteiger partial charge in [0.05, 0.1) is 13.7 Å². The number of nitrogens with two attached hydrogens (primary N) is 1. The largest absolute Gasteiger partial charge is 0.493 e. The summed E-state index contributed by atoms with van der Waals surface area (Å²) in [5.41, 5.74) is 6.77. The molecule has 0 bridgehead atoms. The molecule has 3 N–H and O–H groups in total. The second kappa shape index (κ2) is 8.77. The van der Waals surface area contributed by atoms with Crippen LogP contribution < -0.4 is 20.5 Å². The number of rotatable bonds is 9. The third-order valence-corrected chi connectivity index (χ3v) is 3.08. The van der Waals surface area contributed by atoms with Gasteiger partial charge in [0, 0.05) is 19.1 Å². The Morgan fingerprint density at radius 2 is 2.05 bits per heavy atom. The first-order chi connectivity index (χ1) is 9.24. The van der Waals surface area contributed by atoms with Crippen molar-refractivity contribution in [2.75, 3.05) is 26.8 Å². The molecule has 1 atom stereocenters. The molecule has 108 valence electrons. The molecule has 1 rings (SSSR count). The maximum atomic E-state index is 5.52.